The van der Waals surface area contributed by atoms with Crippen LogP contribution in [0.5, 0.6) is 0 Å². The Bertz CT molecular complexity index is 1120. The fourth-order valence-corrected chi connectivity index (χ4v) is 4.70. The number of anilines is 1. The molecule has 0 aliphatic heterocycles. The van der Waals surface area contributed by atoms with Gasteiger partial charge in [0.25, 0.3) is 5.69 Å². The highest BCUT2D eigenvalue weighted by atomic mass is 35.5. The Morgan fingerprint density at radius 1 is 0.921 bits per heavy atom. The lowest BCUT2D eigenvalue weighted by Crippen LogP contribution is -2.29. The zero-order chi connectivity index (χ0) is 27.3. The molecule has 0 bridgehead atoms. The SMILES string of the molecule is Nc1c(Cl)cc(C(O)CN(CCCCCCOCCc2ccc([N+](=O)[O-])cc2)Cc2ccccc2)cc1Cl. The molecule has 0 aliphatic rings. The molecule has 0 fully saturated rings. The molecular formula is C29H35Cl2N3O4. The highest BCUT2D eigenvalue weighted by Gasteiger charge is 2.17. The molecule has 7 nitrogen and oxygen atoms in total. The van der Waals surface area contributed by atoms with Crippen molar-refractivity contribution < 1.29 is 14.8 Å². The Morgan fingerprint density at radius 2 is 1.58 bits per heavy atom. The summed E-state index contributed by atoms with van der Waals surface area (Å²) in [5, 5.41) is 22.3. The number of nitro benzene ring substituents is 1. The van der Waals surface area contributed by atoms with Crippen LogP contribution in [0.3, 0.4) is 0 Å². The summed E-state index contributed by atoms with van der Waals surface area (Å²) in [7, 11) is 0. The van der Waals surface area contributed by atoms with E-state index < -0.39 is 11.0 Å². The largest absolute Gasteiger partial charge is 0.396 e. The molecule has 0 aliphatic carbocycles. The van der Waals surface area contributed by atoms with Gasteiger partial charge in [-0.25, -0.2) is 0 Å². The Hall–Kier alpha value is -2.68. The molecule has 3 rings (SSSR count). The quantitative estimate of drug-likeness (QED) is 0.0861. The summed E-state index contributed by atoms with van der Waals surface area (Å²) in [4.78, 5) is 12.6. The van der Waals surface area contributed by atoms with Crippen molar-refractivity contribution in [1.29, 1.82) is 0 Å². The van der Waals surface area contributed by atoms with Crippen LogP contribution in [0.4, 0.5) is 11.4 Å². The highest BCUT2D eigenvalue weighted by molar-refractivity contribution is 6.38. The van der Waals surface area contributed by atoms with Crippen molar-refractivity contribution in [2.75, 3.05) is 32.0 Å². The van der Waals surface area contributed by atoms with Crippen LogP contribution in [0.15, 0.2) is 66.7 Å². The minimum Gasteiger partial charge on any atom is -0.396 e. The number of aliphatic hydroxyl groups excluding tert-OH is 1. The van der Waals surface area contributed by atoms with Crippen molar-refractivity contribution in [2.45, 2.75) is 44.8 Å². The molecule has 0 saturated carbocycles. The van der Waals surface area contributed by atoms with E-state index in [1.165, 1.54) is 17.7 Å². The van der Waals surface area contributed by atoms with Crippen LogP contribution in [-0.4, -0.2) is 41.2 Å². The minimum absolute atomic E-state index is 0.102. The van der Waals surface area contributed by atoms with Gasteiger partial charge in [0.2, 0.25) is 0 Å². The van der Waals surface area contributed by atoms with Gasteiger partial charge in [-0.05, 0) is 54.6 Å². The van der Waals surface area contributed by atoms with E-state index in [0.29, 0.717) is 41.1 Å². The van der Waals surface area contributed by atoms with Gasteiger partial charge in [0.1, 0.15) is 0 Å². The Morgan fingerprint density at radius 3 is 2.24 bits per heavy atom. The molecule has 1 unspecified atom stereocenters. The second-order valence-corrected chi connectivity index (χ2v) is 10.1. The predicted molar refractivity (Wildman–Crippen MR) is 154 cm³/mol. The number of nitrogen functional groups attached to an aromatic ring is 1. The molecule has 3 aromatic carbocycles. The Kier molecular flexibility index (Phi) is 12.3. The zero-order valence-corrected chi connectivity index (χ0v) is 22.9. The predicted octanol–water partition coefficient (Wildman–Crippen LogP) is 6.84. The van der Waals surface area contributed by atoms with Gasteiger partial charge in [0.15, 0.2) is 0 Å². The van der Waals surface area contributed by atoms with Crippen LogP contribution >= 0.6 is 23.2 Å². The molecule has 3 N–H and O–H groups in total. The van der Waals surface area contributed by atoms with E-state index >= 15 is 0 Å². The molecule has 0 heterocycles. The lowest BCUT2D eigenvalue weighted by molar-refractivity contribution is -0.384. The topological polar surface area (TPSA) is 102 Å². The maximum Gasteiger partial charge on any atom is 0.269 e. The number of aliphatic hydroxyl groups is 1. The summed E-state index contributed by atoms with van der Waals surface area (Å²) in [6.07, 6.45) is 4.10. The van der Waals surface area contributed by atoms with Crippen LogP contribution in [-0.2, 0) is 17.7 Å². The van der Waals surface area contributed by atoms with Crippen molar-refractivity contribution in [2.24, 2.45) is 0 Å². The summed E-state index contributed by atoms with van der Waals surface area (Å²) in [6.45, 7) is 3.33. The first-order valence-electron chi connectivity index (χ1n) is 12.8. The second-order valence-electron chi connectivity index (χ2n) is 9.33. The first-order chi connectivity index (χ1) is 18.3. The van der Waals surface area contributed by atoms with Crippen LogP contribution < -0.4 is 5.73 Å². The van der Waals surface area contributed by atoms with Gasteiger partial charge in [0, 0.05) is 31.8 Å². The van der Waals surface area contributed by atoms with Crippen LogP contribution in [0.2, 0.25) is 10.0 Å². The second kappa shape index (κ2) is 15.7. The molecule has 38 heavy (non-hydrogen) atoms. The summed E-state index contributed by atoms with van der Waals surface area (Å²) in [5.74, 6) is 0. The molecular weight excluding hydrogens is 525 g/mol. The lowest BCUT2D eigenvalue weighted by Gasteiger charge is -2.26. The van der Waals surface area contributed by atoms with Crippen molar-refractivity contribution in [3.05, 3.63) is 104 Å². The average molecular weight is 561 g/mol. The van der Waals surface area contributed by atoms with Gasteiger partial charge in [0.05, 0.1) is 33.4 Å². The molecule has 3 aromatic rings. The highest BCUT2D eigenvalue weighted by Crippen LogP contribution is 2.31. The first kappa shape index (κ1) is 29.9. The molecule has 1 atom stereocenters. The number of ether oxygens (including phenoxy) is 1. The van der Waals surface area contributed by atoms with Crippen molar-refractivity contribution in [3.8, 4) is 0 Å². The fraction of sp³-hybridized carbons (Fsp3) is 0.379. The monoisotopic (exact) mass is 559 g/mol. The third kappa shape index (κ3) is 9.89. The number of nitrogens with two attached hydrogens (primary N) is 1. The number of nitro groups is 1. The van der Waals surface area contributed by atoms with Crippen molar-refractivity contribution in [1.82, 2.24) is 4.90 Å². The van der Waals surface area contributed by atoms with Crippen molar-refractivity contribution in [3.63, 3.8) is 0 Å². The average Bonchev–Trinajstić information content (AvgIpc) is 2.91. The van der Waals surface area contributed by atoms with Gasteiger partial charge in [-0.3, -0.25) is 15.0 Å². The molecule has 0 amide bonds. The zero-order valence-electron chi connectivity index (χ0n) is 21.4. The third-order valence-electron chi connectivity index (χ3n) is 6.36. The molecule has 0 saturated heterocycles. The maximum atomic E-state index is 10.9. The van der Waals surface area contributed by atoms with Crippen LogP contribution in [0.1, 0.15) is 48.5 Å². The standard InChI is InChI=1S/C29H35Cl2N3O4/c30-26-18-24(19-27(31)29(26)32)28(35)21-33(20-23-8-4-3-5-9-23)15-6-1-2-7-16-38-17-14-22-10-12-25(13-11-22)34(36)37/h3-5,8-13,18-19,28,35H,1-2,6-7,14-17,20-21,32H2. The van der Waals surface area contributed by atoms with E-state index in [1.807, 2.05) is 18.2 Å². The smallest absolute Gasteiger partial charge is 0.269 e. The van der Waals surface area contributed by atoms with E-state index in [4.69, 9.17) is 33.7 Å². The van der Waals surface area contributed by atoms with Gasteiger partial charge in [-0.1, -0.05) is 78.5 Å². The number of halogens is 2. The van der Waals surface area contributed by atoms with E-state index in [0.717, 1.165) is 50.8 Å². The summed E-state index contributed by atoms with van der Waals surface area (Å²) >= 11 is 12.3. The fourth-order valence-electron chi connectivity index (χ4n) is 4.19. The first-order valence-corrected chi connectivity index (χ1v) is 13.6. The van der Waals surface area contributed by atoms with Gasteiger partial charge in [-0.2, -0.15) is 0 Å². The number of unbranched alkanes of at least 4 members (excludes halogenated alkanes) is 3. The van der Waals surface area contributed by atoms with E-state index in [9.17, 15) is 15.2 Å². The Labute approximate surface area is 234 Å². The van der Waals surface area contributed by atoms with E-state index in [1.54, 1.807) is 24.3 Å². The number of benzene rings is 3. The number of nitrogens with zero attached hydrogens (tertiary/aromatic N) is 2. The summed E-state index contributed by atoms with van der Waals surface area (Å²) in [5.41, 5.74) is 9.13. The summed E-state index contributed by atoms with van der Waals surface area (Å²) < 4.78 is 5.74. The molecule has 9 heteroatoms. The van der Waals surface area contributed by atoms with Gasteiger partial charge in [-0.15, -0.1) is 0 Å². The molecule has 0 spiro atoms. The third-order valence-corrected chi connectivity index (χ3v) is 6.99. The van der Waals surface area contributed by atoms with Crippen LogP contribution in [0, 0.1) is 10.1 Å². The van der Waals surface area contributed by atoms with Crippen LogP contribution in [0.25, 0.3) is 0 Å². The number of non-ortho nitro benzene ring substituents is 1. The normalized spacial score (nSPS) is 12.1. The van der Waals surface area contributed by atoms with Gasteiger partial charge >= 0.3 is 0 Å². The Balaban J connectivity index is 1.38. The molecule has 204 valence electrons. The van der Waals surface area contributed by atoms with E-state index in [-0.39, 0.29) is 5.69 Å². The number of rotatable bonds is 16. The van der Waals surface area contributed by atoms with Gasteiger partial charge < -0.3 is 15.6 Å². The van der Waals surface area contributed by atoms with Crippen molar-refractivity contribution >= 4 is 34.6 Å². The molecule has 0 radical (unpaired) electrons. The number of hydrogen-bond acceptors (Lipinski definition) is 6. The maximum absolute atomic E-state index is 10.9. The lowest BCUT2D eigenvalue weighted by atomic mass is 10.1. The summed E-state index contributed by atoms with van der Waals surface area (Å²) in [6, 6.07) is 20.2. The number of hydrogen-bond donors (Lipinski definition) is 2. The van der Waals surface area contributed by atoms with E-state index in [2.05, 4.69) is 17.0 Å². The molecule has 0 aromatic heterocycles. The minimum atomic E-state index is -0.738.